The Kier molecular flexibility index (Phi) is 4.95. The van der Waals surface area contributed by atoms with E-state index in [1.54, 1.807) is 0 Å². The molecule has 2 heterocycles. The molecular weight excluding hydrogens is 212 g/mol. The highest BCUT2D eigenvalue weighted by atomic mass is 16.5. The normalized spacial score (nSPS) is 22.3. The molecule has 17 heavy (non-hydrogen) atoms. The molecule has 3 nitrogen and oxygen atoms in total. The van der Waals surface area contributed by atoms with Crippen molar-refractivity contribution in [2.45, 2.75) is 32.2 Å². The number of aromatic nitrogens is 1. The minimum atomic E-state index is 0.518. The summed E-state index contributed by atoms with van der Waals surface area (Å²) < 4.78 is 5.59. The fraction of sp³-hybridized carbons (Fsp3) is 0.643. The Labute approximate surface area is 104 Å². The molecule has 0 bridgehead atoms. The van der Waals surface area contributed by atoms with E-state index in [-0.39, 0.29) is 0 Å². The van der Waals surface area contributed by atoms with Gasteiger partial charge in [0, 0.05) is 25.0 Å². The summed E-state index contributed by atoms with van der Waals surface area (Å²) in [6, 6.07) is 4.68. The van der Waals surface area contributed by atoms with Crippen LogP contribution in [0.5, 0.6) is 0 Å². The van der Waals surface area contributed by atoms with Gasteiger partial charge in [-0.25, -0.2) is 0 Å². The predicted molar refractivity (Wildman–Crippen MR) is 68.9 cm³/mol. The van der Waals surface area contributed by atoms with E-state index < -0.39 is 0 Å². The van der Waals surface area contributed by atoms with E-state index >= 15 is 0 Å². The van der Waals surface area contributed by atoms with E-state index in [0.717, 1.165) is 26.2 Å². The lowest BCUT2D eigenvalue weighted by molar-refractivity contribution is 0.0396. The minimum Gasteiger partial charge on any atom is -0.381 e. The fourth-order valence-corrected chi connectivity index (χ4v) is 2.52. The summed E-state index contributed by atoms with van der Waals surface area (Å²) in [4.78, 5) is 4.18. The van der Waals surface area contributed by atoms with E-state index in [0.29, 0.717) is 12.0 Å². The van der Waals surface area contributed by atoms with Crippen molar-refractivity contribution < 1.29 is 4.74 Å². The lowest BCUT2D eigenvalue weighted by Crippen LogP contribution is -2.41. The second-order valence-corrected chi connectivity index (χ2v) is 4.71. The average molecular weight is 234 g/mol. The molecule has 1 aliphatic rings. The molecule has 0 spiro atoms. The van der Waals surface area contributed by atoms with Gasteiger partial charge in [0.25, 0.3) is 0 Å². The highest BCUT2D eigenvalue weighted by molar-refractivity contribution is 5.10. The van der Waals surface area contributed by atoms with Crippen molar-refractivity contribution in [1.82, 2.24) is 10.3 Å². The smallest absolute Gasteiger partial charge is 0.0509 e. The first-order valence-electron chi connectivity index (χ1n) is 6.60. The Morgan fingerprint density at radius 3 is 3.18 bits per heavy atom. The lowest BCUT2D eigenvalue weighted by Gasteiger charge is -2.30. The van der Waals surface area contributed by atoms with Crippen LogP contribution >= 0.6 is 0 Å². The Morgan fingerprint density at radius 2 is 2.53 bits per heavy atom. The van der Waals surface area contributed by atoms with Gasteiger partial charge in [-0.05, 0) is 43.4 Å². The largest absolute Gasteiger partial charge is 0.381 e. The molecule has 1 saturated heterocycles. The number of rotatable bonds is 5. The number of hydrogen-bond donors (Lipinski definition) is 1. The Balaban J connectivity index is 1.96. The molecule has 0 saturated carbocycles. The van der Waals surface area contributed by atoms with Crippen molar-refractivity contribution in [3.8, 4) is 0 Å². The van der Waals surface area contributed by atoms with Gasteiger partial charge in [-0.3, -0.25) is 4.98 Å². The fourth-order valence-electron chi connectivity index (χ4n) is 2.52. The molecule has 0 aliphatic carbocycles. The first-order valence-corrected chi connectivity index (χ1v) is 6.60. The van der Waals surface area contributed by atoms with Crippen LogP contribution in [0.3, 0.4) is 0 Å². The molecule has 0 radical (unpaired) electrons. The summed E-state index contributed by atoms with van der Waals surface area (Å²) in [6.07, 6.45) is 7.32. The van der Waals surface area contributed by atoms with Gasteiger partial charge in [-0.15, -0.1) is 0 Å². The molecule has 2 atom stereocenters. The predicted octanol–water partition coefficient (Wildman–Crippen LogP) is 2.03. The molecule has 0 aromatic carbocycles. The van der Waals surface area contributed by atoms with Crippen molar-refractivity contribution in [3.05, 3.63) is 30.1 Å². The number of nitrogens with zero attached hydrogens (tertiary/aromatic N) is 1. The maximum absolute atomic E-state index is 5.59. The van der Waals surface area contributed by atoms with E-state index in [1.807, 2.05) is 18.5 Å². The quantitative estimate of drug-likeness (QED) is 0.846. The van der Waals surface area contributed by atoms with Gasteiger partial charge in [-0.1, -0.05) is 13.0 Å². The lowest BCUT2D eigenvalue weighted by atomic mass is 9.89. The SMILES string of the molecule is CCNC(Cc1cccnc1)C1CCCOC1. The van der Waals surface area contributed by atoms with Crippen LogP contribution in [0.1, 0.15) is 25.3 Å². The standard InChI is InChI=1S/C14H22N2O/c1-2-16-14(13-6-4-8-17-11-13)9-12-5-3-7-15-10-12/h3,5,7,10,13-14,16H,2,4,6,8-9,11H2,1H3. The third kappa shape index (κ3) is 3.79. The van der Waals surface area contributed by atoms with Gasteiger partial charge in [0.15, 0.2) is 0 Å². The van der Waals surface area contributed by atoms with Gasteiger partial charge >= 0.3 is 0 Å². The molecule has 1 aromatic rings. The van der Waals surface area contributed by atoms with Crippen LogP contribution in [-0.2, 0) is 11.2 Å². The van der Waals surface area contributed by atoms with Crippen molar-refractivity contribution in [3.63, 3.8) is 0 Å². The summed E-state index contributed by atoms with van der Waals surface area (Å²) in [6.45, 7) is 5.02. The Bertz CT molecular complexity index is 309. The van der Waals surface area contributed by atoms with Crippen molar-refractivity contribution >= 4 is 0 Å². The molecule has 2 rings (SSSR count). The topological polar surface area (TPSA) is 34.2 Å². The third-order valence-electron chi connectivity index (χ3n) is 3.41. The molecule has 1 N–H and O–H groups in total. The Hall–Kier alpha value is -0.930. The van der Waals surface area contributed by atoms with Crippen LogP contribution in [0.15, 0.2) is 24.5 Å². The zero-order valence-corrected chi connectivity index (χ0v) is 10.6. The monoisotopic (exact) mass is 234 g/mol. The van der Waals surface area contributed by atoms with E-state index in [4.69, 9.17) is 4.74 Å². The van der Waals surface area contributed by atoms with Crippen LogP contribution in [0, 0.1) is 5.92 Å². The molecule has 0 amide bonds. The highest BCUT2D eigenvalue weighted by Gasteiger charge is 2.23. The van der Waals surface area contributed by atoms with Gasteiger partial charge in [0.1, 0.15) is 0 Å². The maximum atomic E-state index is 5.59. The number of nitrogens with one attached hydrogen (secondary N) is 1. The molecule has 94 valence electrons. The zero-order chi connectivity index (χ0) is 11.9. The van der Waals surface area contributed by atoms with Gasteiger partial charge in [-0.2, -0.15) is 0 Å². The molecule has 2 unspecified atom stereocenters. The van der Waals surface area contributed by atoms with Crippen LogP contribution in [0.4, 0.5) is 0 Å². The van der Waals surface area contributed by atoms with Crippen molar-refractivity contribution in [2.24, 2.45) is 5.92 Å². The number of likely N-dealkylation sites (N-methyl/N-ethyl adjacent to an activating group) is 1. The number of pyridine rings is 1. The van der Waals surface area contributed by atoms with Crippen molar-refractivity contribution in [1.29, 1.82) is 0 Å². The molecular formula is C14H22N2O. The van der Waals surface area contributed by atoms with Gasteiger partial charge < -0.3 is 10.1 Å². The van der Waals surface area contributed by atoms with Crippen LogP contribution in [-0.4, -0.2) is 30.8 Å². The average Bonchev–Trinajstić information content (AvgIpc) is 2.40. The van der Waals surface area contributed by atoms with Crippen LogP contribution in [0.25, 0.3) is 0 Å². The molecule has 1 aromatic heterocycles. The maximum Gasteiger partial charge on any atom is 0.0509 e. The van der Waals surface area contributed by atoms with Gasteiger partial charge in [0.05, 0.1) is 6.61 Å². The molecule has 1 aliphatic heterocycles. The van der Waals surface area contributed by atoms with Gasteiger partial charge in [0.2, 0.25) is 0 Å². The minimum absolute atomic E-state index is 0.518. The first kappa shape index (κ1) is 12.5. The third-order valence-corrected chi connectivity index (χ3v) is 3.41. The zero-order valence-electron chi connectivity index (χ0n) is 10.6. The first-order chi connectivity index (χ1) is 8.40. The summed E-state index contributed by atoms with van der Waals surface area (Å²) in [7, 11) is 0. The van der Waals surface area contributed by atoms with Crippen LogP contribution in [0.2, 0.25) is 0 Å². The second-order valence-electron chi connectivity index (χ2n) is 4.71. The van der Waals surface area contributed by atoms with Crippen LogP contribution < -0.4 is 5.32 Å². The highest BCUT2D eigenvalue weighted by Crippen LogP contribution is 2.20. The second kappa shape index (κ2) is 6.72. The summed E-state index contributed by atoms with van der Waals surface area (Å²) >= 11 is 0. The summed E-state index contributed by atoms with van der Waals surface area (Å²) in [5.74, 6) is 0.643. The number of hydrogen-bond acceptors (Lipinski definition) is 3. The van der Waals surface area contributed by atoms with E-state index in [2.05, 4.69) is 23.3 Å². The van der Waals surface area contributed by atoms with E-state index in [1.165, 1.54) is 18.4 Å². The number of ether oxygens (including phenoxy) is 1. The van der Waals surface area contributed by atoms with E-state index in [9.17, 15) is 0 Å². The molecule has 3 heteroatoms. The summed E-state index contributed by atoms with van der Waals surface area (Å²) in [5.41, 5.74) is 1.31. The van der Waals surface area contributed by atoms with Crippen molar-refractivity contribution in [2.75, 3.05) is 19.8 Å². The molecule has 1 fully saturated rings. The Morgan fingerprint density at radius 1 is 1.59 bits per heavy atom. The summed E-state index contributed by atoms with van der Waals surface area (Å²) in [5, 5.41) is 3.59.